The van der Waals surface area contributed by atoms with Crippen molar-refractivity contribution in [1.82, 2.24) is 9.97 Å². The molecule has 2 saturated heterocycles. The van der Waals surface area contributed by atoms with E-state index in [0.29, 0.717) is 18.9 Å². The zero-order valence-electron chi connectivity index (χ0n) is 18.9. The highest BCUT2D eigenvalue weighted by Gasteiger charge is 2.29. The van der Waals surface area contributed by atoms with Gasteiger partial charge in [-0.15, -0.1) is 0 Å². The summed E-state index contributed by atoms with van der Waals surface area (Å²) in [6.45, 7) is 9.74. The summed E-state index contributed by atoms with van der Waals surface area (Å²) >= 11 is 0. The predicted molar refractivity (Wildman–Crippen MR) is 124 cm³/mol. The number of nitrogens with zero attached hydrogens (tertiary/aromatic N) is 4. The van der Waals surface area contributed by atoms with Gasteiger partial charge in [0, 0.05) is 37.0 Å². The molecule has 5 nitrogen and oxygen atoms in total. The second-order valence-corrected chi connectivity index (χ2v) is 8.03. The number of anilines is 2. The van der Waals surface area contributed by atoms with Gasteiger partial charge in [0.15, 0.2) is 0 Å². The fourth-order valence-electron chi connectivity index (χ4n) is 4.58. The molecule has 0 amide bonds. The van der Waals surface area contributed by atoms with Crippen LogP contribution in [0.5, 0.6) is 0 Å². The van der Waals surface area contributed by atoms with Gasteiger partial charge in [0.1, 0.15) is 17.5 Å². The quantitative estimate of drug-likeness (QED) is 0.544. The first-order chi connectivity index (χ1) is 15.6. The van der Waals surface area contributed by atoms with Gasteiger partial charge in [-0.3, -0.25) is 4.98 Å². The molecule has 0 saturated carbocycles. The Balaban J connectivity index is 0.00000119. The fourth-order valence-corrected chi connectivity index (χ4v) is 4.58. The largest absolute Gasteiger partial charge is 0.378 e. The van der Waals surface area contributed by atoms with Crippen LogP contribution in [-0.4, -0.2) is 42.8 Å². The van der Waals surface area contributed by atoms with Crippen molar-refractivity contribution >= 4 is 22.5 Å². The molecule has 7 heteroatoms. The Morgan fingerprint density at radius 1 is 0.969 bits per heavy atom. The molecule has 2 aliphatic heterocycles. The second-order valence-electron chi connectivity index (χ2n) is 8.03. The molecule has 5 rings (SSSR count). The molecule has 1 atom stereocenters. The van der Waals surface area contributed by atoms with E-state index in [1.807, 2.05) is 33.0 Å². The lowest BCUT2D eigenvalue weighted by Crippen LogP contribution is -2.36. The number of aryl methyl sites for hydroxylation is 1. The van der Waals surface area contributed by atoms with Crippen LogP contribution in [0.15, 0.2) is 36.5 Å². The third kappa shape index (κ3) is 4.53. The summed E-state index contributed by atoms with van der Waals surface area (Å²) in [5, 5.41) is 0. The summed E-state index contributed by atoms with van der Waals surface area (Å²) in [7, 11) is 0. The van der Waals surface area contributed by atoms with E-state index in [1.165, 1.54) is 12.1 Å². The van der Waals surface area contributed by atoms with Gasteiger partial charge in [0.05, 0.1) is 36.5 Å². The SMILES string of the molecule is CC.Cc1cc(C2CCCN2c2cc(F)cc(F)c2)c2nc(N3CCOCC3)cnc2c1. The van der Waals surface area contributed by atoms with E-state index in [-0.39, 0.29) is 6.04 Å². The van der Waals surface area contributed by atoms with Crippen molar-refractivity contribution in [2.24, 2.45) is 0 Å². The Morgan fingerprint density at radius 3 is 2.41 bits per heavy atom. The van der Waals surface area contributed by atoms with Crippen LogP contribution in [0.4, 0.5) is 20.3 Å². The van der Waals surface area contributed by atoms with E-state index in [2.05, 4.69) is 15.9 Å². The summed E-state index contributed by atoms with van der Waals surface area (Å²) in [6, 6.07) is 7.91. The Morgan fingerprint density at radius 2 is 1.69 bits per heavy atom. The molecule has 3 aromatic rings. The van der Waals surface area contributed by atoms with Gasteiger partial charge in [-0.2, -0.15) is 0 Å². The van der Waals surface area contributed by atoms with Crippen LogP contribution in [0.1, 0.15) is 43.9 Å². The van der Waals surface area contributed by atoms with Crippen LogP contribution in [0.25, 0.3) is 11.0 Å². The highest BCUT2D eigenvalue weighted by Crippen LogP contribution is 2.39. The fraction of sp³-hybridized carbons (Fsp3) is 0.440. The highest BCUT2D eigenvalue weighted by atomic mass is 19.1. The maximum absolute atomic E-state index is 13.9. The van der Waals surface area contributed by atoms with Crippen molar-refractivity contribution in [2.75, 3.05) is 42.6 Å². The number of rotatable bonds is 3. The lowest BCUT2D eigenvalue weighted by atomic mass is 9.99. The molecule has 1 unspecified atom stereocenters. The molecule has 0 N–H and O–H groups in total. The Labute approximate surface area is 188 Å². The van der Waals surface area contributed by atoms with Crippen molar-refractivity contribution in [3.05, 3.63) is 59.3 Å². The first-order valence-corrected chi connectivity index (χ1v) is 11.4. The van der Waals surface area contributed by atoms with Crippen LogP contribution >= 0.6 is 0 Å². The van der Waals surface area contributed by atoms with Crippen LogP contribution in [-0.2, 0) is 4.74 Å². The average molecular weight is 441 g/mol. The standard InChI is InChI=1S/C23H24F2N4O.C2H6/c1-15-9-19(21-3-2-4-29(21)18-12-16(24)11-17(25)13-18)23-20(10-15)26-14-22(27-23)28-5-7-30-8-6-28;1-2/h9-14,21H,2-8H2,1H3;1-2H3. The molecule has 0 bridgehead atoms. The van der Waals surface area contributed by atoms with Crippen LogP contribution < -0.4 is 9.80 Å². The molecule has 32 heavy (non-hydrogen) atoms. The average Bonchev–Trinajstić information content (AvgIpc) is 3.29. The lowest BCUT2D eigenvalue weighted by Gasteiger charge is -2.29. The Bertz CT molecular complexity index is 1060. The first-order valence-electron chi connectivity index (χ1n) is 11.4. The number of morpholine rings is 1. The van der Waals surface area contributed by atoms with E-state index in [9.17, 15) is 8.78 Å². The molecule has 1 aromatic heterocycles. The number of hydrogen-bond acceptors (Lipinski definition) is 5. The third-order valence-electron chi connectivity index (χ3n) is 5.93. The lowest BCUT2D eigenvalue weighted by molar-refractivity contribution is 0.122. The maximum atomic E-state index is 13.9. The predicted octanol–water partition coefficient (Wildman–Crippen LogP) is 5.42. The van der Waals surface area contributed by atoms with Gasteiger partial charge in [-0.1, -0.05) is 19.9 Å². The van der Waals surface area contributed by atoms with E-state index < -0.39 is 11.6 Å². The van der Waals surface area contributed by atoms with Gasteiger partial charge in [0.25, 0.3) is 0 Å². The minimum Gasteiger partial charge on any atom is -0.378 e. The Hall–Kier alpha value is -2.80. The van der Waals surface area contributed by atoms with Crippen molar-refractivity contribution in [3.8, 4) is 0 Å². The number of halogens is 2. The van der Waals surface area contributed by atoms with Crippen molar-refractivity contribution < 1.29 is 13.5 Å². The Kier molecular flexibility index (Phi) is 6.84. The van der Waals surface area contributed by atoms with Crippen LogP contribution in [0, 0.1) is 18.6 Å². The molecule has 2 fully saturated rings. The van der Waals surface area contributed by atoms with Gasteiger partial charge < -0.3 is 14.5 Å². The first kappa shape index (κ1) is 22.4. The molecule has 3 heterocycles. The molecular weight excluding hydrogens is 410 g/mol. The number of ether oxygens (including phenoxy) is 1. The van der Waals surface area contributed by atoms with Crippen molar-refractivity contribution in [1.29, 1.82) is 0 Å². The van der Waals surface area contributed by atoms with Crippen molar-refractivity contribution in [3.63, 3.8) is 0 Å². The zero-order valence-corrected chi connectivity index (χ0v) is 18.9. The van der Waals surface area contributed by atoms with Gasteiger partial charge >= 0.3 is 0 Å². The molecule has 0 spiro atoms. The summed E-state index contributed by atoms with van der Waals surface area (Å²) in [5.74, 6) is -0.268. The van der Waals surface area contributed by atoms with E-state index in [0.717, 1.165) is 66.5 Å². The summed E-state index contributed by atoms with van der Waals surface area (Å²) in [4.78, 5) is 13.9. The molecular formula is C25H30F2N4O. The van der Waals surface area contributed by atoms with Crippen LogP contribution in [0.3, 0.4) is 0 Å². The van der Waals surface area contributed by atoms with E-state index >= 15 is 0 Å². The van der Waals surface area contributed by atoms with Gasteiger partial charge in [-0.25, -0.2) is 13.8 Å². The number of benzene rings is 2. The summed E-state index contributed by atoms with van der Waals surface area (Å²) < 4.78 is 33.2. The smallest absolute Gasteiger partial charge is 0.148 e. The maximum Gasteiger partial charge on any atom is 0.148 e. The van der Waals surface area contributed by atoms with E-state index in [4.69, 9.17) is 14.7 Å². The molecule has 2 aromatic carbocycles. The monoisotopic (exact) mass is 440 g/mol. The zero-order chi connectivity index (χ0) is 22.7. The van der Waals surface area contributed by atoms with E-state index in [1.54, 1.807) is 0 Å². The minimum atomic E-state index is -0.556. The summed E-state index contributed by atoms with van der Waals surface area (Å²) in [5.41, 5.74) is 4.44. The highest BCUT2D eigenvalue weighted by molar-refractivity contribution is 5.81. The number of aromatic nitrogens is 2. The summed E-state index contributed by atoms with van der Waals surface area (Å²) in [6.07, 6.45) is 3.68. The molecule has 0 aliphatic carbocycles. The molecule has 2 aliphatic rings. The third-order valence-corrected chi connectivity index (χ3v) is 5.93. The second kappa shape index (κ2) is 9.77. The van der Waals surface area contributed by atoms with Gasteiger partial charge in [-0.05, 0) is 43.5 Å². The number of hydrogen-bond donors (Lipinski definition) is 0. The van der Waals surface area contributed by atoms with Crippen molar-refractivity contribution in [2.45, 2.75) is 39.7 Å². The van der Waals surface area contributed by atoms with Gasteiger partial charge in [0.2, 0.25) is 0 Å². The topological polar surface area (TPSA) is 41.5 Å². The molecule has 0 radical (unpaired) electrons. The normalized spacial score (nSPS) is 18.6. The number of fused-ring (bicyclic) bond motifs is 1. The molecule has 170 valence electrons. The minimum absolute atomic E-state index is 0.00263. The van der Waals surface area contributed by atoms with Crippen LogP contribution in [0.2, 0.25) is 0 Å².